The van der Waals surface area contributed by atoms with Crippen LogP contribution in [0.25, 0.3) is 0 Å². The molecule has 0 bridgehead atoms. The number of benzene rings is 3. The van der Waals surface area contributed by atoms with E-state index < -0.39 is 22.0 Å². The Kier molecular flexibility index (Phi) is 7.97. The van der Waals surface area contributed by atoms with Crippen molar-refractivity contribution < 1.29 is 13.2 Å². The van der Waals surface area contributed by atoms with Gasteiger partial charge < -0.3 is 5.32 Å². The molecule has 0 aliphatic heterocycles. The van der Waals surface area contributed by atoms with Gasteiger partial charge in [0.05, 0.1) is 4.90 Å². The maximum Gasteiger partial charge on any atom is 0.241 e. The molecule has 1 unspecified atom stereocenters. The summed E-state index contributed by atoms with van der Waals surface area (Å²) in [4.78, 5) is 13.0. The molecule has 3 rings (SSSR count). The SMILES string of the molecule is O=C(NCc1ccc(Cl)cc1Cl)C(Cc1ccccc1)NS(=O)(=O)c1ccc(Cl)cc1. The first-order chi connectivity index (χ1) is 14.7. The van der Waals surface area contributed by atoms with Crippen LogP contribution >= 0.6 is 34.8 Å². The average Bonchev–Trinajstić information content (AvgIpc) is 2.73. The number of halogens is 3. The minimum Gasteiger partial charge on any atom is -0.351 e. The van der Waals surface area contributed by atoms with Crippen molar-refractivity contribution in [1.82, 2.24) is 10.0 Å². The number of hydrogen-bond donors (Lipinski definition) is 2. The van der Waals surface area contributed by atoms with E-state index in [9.17, 15) is 13.2 Å². The van der Waals surface area contributed by atoms with Crippen molar-refractivity contribution in [3.8, 4) is 0 Å². The van der Waals surface area contributed by atoms with Crippen molar-refractivity contribution in [2.45, 2.75) is 23.9 Å². The van der Waals surface area contributed by atoms with Crippen LogP contribution in [0.5, 0.6) is 0 Å². The number of carbonyl (C=O) groups is 1. The summed E-state index contributed by atoms with van der Waals surface area (Å²) in [5.41, 5.74) is 1.48. The Bertz CT molecular complexity index is 1150. The Hall–Kier alpha value is -2.09. The van der Waals surface area contributed by atoms with E-state index in [1.165, 1.54) is 24.3 Å². The van der Waals surface area contributed by atoms with Gasteiger partial charge in [0.1, 0.15) is 6.04 Å². The number of nitrogens with one attached hydrogen (secondary N) is 2. The monoisotopic (exact) mass is 496 g/mol. The second-order valence-electron chi connectivity index (χ2n) is 6.77. The van der Waals surface area contributed by atoms with Crippen molar-refractivity contribution in [2.75, 3.05) is 0 Å². The molecule has 1 amide bonds. The second kappa shape index (κ2) is 10.5. The average molecular weight is 498 g/mol. The lowest BCUT2D eigenvalue weighted by molar-refractivity contribution is -0.122. The molecule has 2 N–H and O–H groups in total. The van der Waals surface area contributed by atoms with Crippen LogP contribution in [-0.4, -0.2) is 20.4 Å². The summed E-state index contributed by atoms with van der Waals surface area (Å²) < 4.78 is 28.2. The third-order valence-electron chi connectivity index (χ3n) is 4.49. The predicted octanol–water partition coefficient (Wildman–Crippen LogP) is 4.85. The van der Waals surface area contributed by atoms with Crippen LogP contribution in [0, 0.1) is 0 Å². The van der Waals surface area contributed by atoms with Gasteiger partial charge in [-0.3, -0.25) is 4.79 Å². The minimum absolute atomic E-state index is 0.0171. The number of sulfonamides is 1. The van der Waals surface area contributed by atoms with E-state index in [1.54, 1.807) is 18.2 Å². The van der Waals surface area contributed by atoms with Gasteiger partial charge in [-0.2, -0.15) is 4.72 Å². The van der Waals surface area contributed by atoms with Crippen LogP contribution in [0.4, 0.5) is 0 Å². The standard InChI is InChI=1S/C22H19Cl3N2O3S/c23-17-8-10-19(11-9-17)31(29,30)27-21(12-15-4-2-1-3-5-15)22(28)26-14-16-6-7-18(24)13-20(16)25/h1-11,13,21,27H,12,14H2,(H,26,28). The summed E-state index contributed by atoms with van der Waals surface area (Å²) in [6.07, 6.45) is 0.174. The molecule has 31 heavy (non-hydrogen) atoms. The summed E-state index contributed by atoms with van der Waals surface area (Å²) in [7, 11) is -3.95. The first kappa shape index (κ1) is 23.6. The zero-order valence-corrected chi connectivity index (χ0v) is 19.3. The molecule has 0 radical (unpaired) electrons. The van der Waals surface area contributed by atoms with Crippen molar-refractivity contribution >= 4 is 50.7 Å². The molecule has 0 saturated heterocycles. The summed E-state index contributed by atoms with van der Waals surface area (Å²) >= 11 is 17.9. The lowest BCUT2D eigenvalue weighted by atomic mass is 10.1. The summed E-state index contributed by atoms with van der Waals surface area (Å²) in [5, 5.41) is 4.06. The topological polar surface area (TPSA) is 75.3 Å². The first-order valence-corrected chi connectivity index (χ1v) is 11.9. The number of hydrogen-bond acceptors (Lipinski definition) is 3. The minimum atomic E-state index is -3.95. The van der Waals surface area contributed by atoms with Crippen molar-refractivity contribution in [3.05, 3.63) is 99.0 Å². The Morgan fingerprint density at radius 1 is 0.871 bits per heavy atom. The van der Waals surface area contributed by atoms with Crippen LogP contribution in [0.3, 0.4) is 0 Å². The fraction of sp³-hybridized carbons (Fsp3) is 0.136. The highest BCUT2D eigenvalue weighted by molar-refractivity contribution is 7.89. The molecule has 0 aliphatic rings. The smallest absolute Gasteiger partial charge is 0.241 e. The van der Waals surface area contributed by atoms with Gasteiger partial charge >= 0.3 is 0 Å². The Morgan fingerprint density at radius 3 is 2.16 bits per heavy atom. The first-order valence-electron chi connectivity index (χ1n) is 9.28. The quantitative estimate of drug-likeness (QED) is 0.467. The number of carbonyl (C=O) groups excluding carboxylic acids is 1. The van der Waals surface area contributed by atoms with E-state index in [0.717, 1.165) is 5.56 Å². The largest absolute Gasteiger partial charge is 0.351 e. The zero-order valence-electron chi connectivity index (χ0n) is 16.2. The van der Waals surface area contributed by atoms with Crippen LogP contribution in [0.1, 0.15) is 11.1 Å². The van der Waals surface area contributed by atoms with E-state index in [1.807, 2.05) is 30.3 Å². The third-order valence-corrected chi connectivity index (χ3v) is 6.82. The van der Waals surface area contributed by atoms with Gasteiger partial charge in [-0.05, 0) is 53.9 Å². The molecule has 5 nitrogen and oxygen atoms in total. The van der Waals surface area contributed by atoms with Crippen molar-refractivity contribution in [1.29, 1.82) is 0 Å². The highest BCUT2D eigenvalue weighted by atomic mass is 35.5. The number of amides is 1. The van der Waals surface area contributed by atoms with E-state index in [4.69, 9.17) is 34.8 Å². The predicted molar refractivity (Wildman–Crippen MR) is 124 cm³/mol. The molecule has 1 atom stereocenters. The maximum absolute atomic E-state index is 12.9. The Morgan fingerprint density at radius 2 is 1.52 bits per heavy atom. The van der Waals surface area contributed by atoms with Gasteiger partial charge in [0, 0.05) is 21.6 Å². The lowest BCUT2D eigenvalue weighted by Crippen LogP contribution is -2.47. The van der Waals surface area contributed by atoms with Crippen LogP contribution in [0.15, 0.2) is 77.7 Å². The third kappa shape index (κ3) is 6.69. The maximum atomic E-state index is 12.9. The van der Waals surface area contributed by atoms with Gasteiger partial charge in [0.25, 0.3) is 0 Å². The molecular weight excluding hydrogens is 479 g/mol. The summed E-state index contributed by atoms with van der Waals surface area (Å²) in [6, 6.07) is 18.8. The molecular formula is C22H19Cl3N2O3S. The van der Waals surface area contributed by atoms with E-state index in [-0.39, 0.29) is 17.9 Å². The van der Waals surface area contributed by atoms with E-state index in [2.05, 4.69) is 10.0 Å². The van der Waals surface area contributed by atoms with Gasteiger partial charge in [-0.25, -0.2) is 8.42 Å². The normalized spacial score (nSPS) is 12.4. The highest BCUT2D eigenvalue weighted by Gasteiger charge is 2.26. The second-order valence-corrected chi connectivity index (χ2v) is 9.77. The van der Waals surface area contributed by atoms with E-state index in [0.29, 0.717) is 20.6 Å². The van der Waals surface area contributed by atoms with Crippen LogP contribution in [0.2, 0.25) is 15.1 Å². The molecule has 3 aromatic carbocycles. The van der Waals surface area contributed by atoms with Gasteiger partial charge in [0.2, 0.25) is 15.9 Å². The molecule has 0 aliphatic carbocycles. The van der Waals surface area contributed by atoms with Crippen molar-refractivity contribution in [2.24, 2.45) is 0 Å². The van der Waals surface area contributed by atoms with Gasteiger partial charge in [-0.1, -0.05) is 71.2 Å². The van der Waals surface area contributed by atoms with Crippen LogP contribution < -0.4 is 10.0 Å². The molecule has 3 aromatic rings. The molecule has 0 spiro atoms. The van der Waals surface area contributed by atoms with Gasteiger partial charge in [-0.15, -0.1) is 0 Å². The molecule has 162 valence electrons. The lowest BCUT2D eigenvalue weighted by Gasteiger charge is -2.19. The number of rotatable bonds is 8. The summed E-state index contributed by atoms with van der Waals surface area (Å²) in [6.45, 7) is 0.128. The molecule has 0 saturated carbocycles. The van der Waals surface area contributed by atoms with Crippen molar-refractivity contribution in [3.63, 3.8) is 0 Å². The fourth-order valence-corrected chi connectivity index (χ4v) is 4.67. The highest BCUT2D eigenvalue weighted by Crippen LogP contribution is 2.21. The zero-order chi connectivity index (χ0) is 22.4. The molecule has 0 aromatic heterocycles. The Labute approximate surface area is 196 Å². The van der Waals surface area contributed by atoms with E-state index >= 15 is 0 Å². The molecule has 0 heterocycles. The van der Waals surface area contributed by atoms with Crippen LogP contribution in [-0.2, 0) is 27.8 Å². The molecule has 0 fully saturated rings. The molecule has 9 heteroatoms. The summed E-state index contributed by atoms with van der Waals surface area (Å²) in [5.74, 6) is -0.479. The fourth-order valence-electron chi connectivity index (χ4n) is 2.88. The van der Waals surface area contributed by atoms with Gasteiger partial charge in [0.15, 0.2) is 0 Å². The Balaban J connectivity index is 1.79.